The van der Waals surface area contributed by atoms with Crippen LogP contribution in [0.2, 0.25) is 0 Å². The number of thiazole rings is 1. The molecule has 1 aliphatic heterocycles. The van der Waals surface area contributed by atoms with E-state index in [-0.39, 0.29) is 0 Å². The molecule has 0 aliphatic carbocycles. The number of anilines is 1. The maximum Gasteiger partial charge on any atom is 0.188 e. The molecule has 2 N–H and O–H groups in total. The van der Waals surface area contributed by atoms with E-state index >= 15 is 0 Å². The van der Waals surface area contributed by atoms with Crippen molar-refractivity contribution in [1.82, 2.24) is 15.2 Å². The van der Waals surface area contributed by atoms with Crippen molar-refractivity contribution in [2.24, 2.45) is 0 Å². The molecule has 17 heavy (non-hydrogen) atoms. The van der Waals surface area contributed by atoms with E-state index in [9.17, 15) is 0 Å². The van der Waals surface area contributed by atoms with Crippen molar-refractivity contribution < 1.29 is 0 Å². The summed E-state index contributed by atoms with van der Waals surface area (Å²) in [6.07, 6.45) is 5.55. The molecule has 1 fully saturated rings. The molecule has 0 saturated carbocycles. The summed E-state index contributed by atoms with van der Waals surface area (Å²) in [5.41, 5.74) is 0. The minimum absolute atomic E-state index is 0.667. The first-order valence-electron chi connectivity index (χ1n) is 5.90. The Morgan fingerprint density at radius 2 is 2.59 bits per heavy atom. The molecule has 4 nitrogen and oxygen atoms in total. The highest BCUT2D eigenvalue weighted by molar-refractivity contribution is 7.80. The van der Waals surface area contributed by atoms with E-state index in [4.69, 9.17) is 12.2 Å². The molecule has 2 rings (SSSR count). The van der Waals surface area contributed by atoms with Crippen LogP contribution in [0.5, 0.6) is 0 Å². The number of nitrogens with one attached hydrogen (secondary N) is 2. The second kappa shape index (κ2) is 6.28. The molecule has 1 unspecified atom stereocenters. The van der Waals surface area contributed by atoms with Crippen molar-refractivity contribution in [2.45, 2.75) is 25.3 Å². The van der Waals surface area contributed by atoms with Gasteiger partial charge in [-0.3, -0.25) is 0 Å². The average molecular weight is 270 g/mol. The molecule has 1 aromatic rings. The Morgan fingerprint density at radius 3 is 3.24 bits per heavy atom. The number of hydrogen-bond donors (Lipinski definition) is 2. The van der Waals surface area contributed by atoms with E-state index in [1.807, 2.05) is 5.38 Å². The molecule has 0 radical (unpaired) electrons. The van der Waals surface area contributed by atoms with E-state index in [0.29, 0.717) is 11.2 Å². The van der Waals surface area contributed by atoms with Crippen molar-refractivity contribution >= 4 is 33.8 Å². The van der Waals surface area contributed by atoms with Gasteiger partial charge in [-0.15, -0.1) is 11.3 Å². The van der Waals surface area contributed by atoms with Crippen LogP contribution in [0.4, 0.5) is 5.13 Å². The fourth-order valence-corrected chi connectivity index (χ4v) is 2.92. The van der Waals surface area contributed by atoms with Crippen LogP contribution in [0.25, 0.3) is 0 Å². The third kappa shape index (κ3) is 3.90. The Morgan fingerprint density at radius 1 is 1.71 bits per heavy atom. The summed E-state index contributed by atoms with van der Waals surface area (Å²) in [7, 11) is 2.20. The van der Waals surface area contributed by atoms with E-state index in [1.165, 1.54) is 19.4 Å². The molecule has 0 spiro atoms. The lowest BCUT2D eigenvalue weighted by Crippen LogP contribution is -2.33. The molecule has 6 heteroatoms. The Kier molecular flexibility index (Phi) is 4.70. The summed E-state index contributed by atoms with van der Waals surface area (Å²) >= 11 is 6.75. The maximum absolute atomic E-state index is 5.20. The number of hydrogen-bond acceptors (Lipinski definition) is 4. The van der Waals surface area contributed by atoms with Gasteiger partial charge in [0.2, 0.25) is 0 Å². The van der Waals surface area contributed by atoms with Crippen LogP contribution in [-0.2, 0) is 0 Å². The standard InChI is InChI=1S/C11H18N4S2/c1-15-7-2-3-9(15)4-5-12-10(16)14-11-13-6-8-17-11/h6,8-9H,2-5,7H2,1H3,(H2,12,13,14,16). The zero-order valence-electron chi connectivity index (χ0n) is 9.98. The third-order valence-corrected chi connectivity index (χ3v) is 4.02. The first-order valence-corrected chi connectivity index (χ1v) is 7.19. The molecule has 2 heterocycles. The highest BCUT2D eigenvalue weighted by Crippen LogP contribution is 2.17. The van der Waals surface area contributed by atoms with Crippen LogP contribution < -0.4 is 10.6 Å². The summed E-state index contributed by atoms with van der Waals surface area (Å²) < 4.78 is 0. The van der Waals surface area contributed by atoms with Gasteiger partial charge in [0.05, 0.1) is 0 Å². The number of rotatable bonds is 4. The van der Waals surface area contributed by atoms with Gasteiger partial charge in [-0.1, -0.05) is 0 Å². The van der Waals surface area contributed by atoms with Crippen molar-refractivity contribution in [1.29, 1.82) is 0 Å². The van der Waals surface area contributed by atoms with E-state index in [0.717, 1.165) is 18.1 Å². The molecular weight excluding hydrogens is 252 g/mol. The minimum Gasteiger partial charge on any atom is -0.362 e. The van der Waals surface area contributed by atoms with Gasteiger partial charge in [0, 0.05) is 24.2 Å². The summed E-state index contributed by atoms with van der Waals surface area (Å²) in [5.74, 6) is 0. The molecule has 1 aliphatic rings. The SMILES string of the molecule is CN1CCCC1CCNC(=S)Nc1nccs1. The lowest BCUT2D eigenvalue weighted by molar-refractivity contribution is 0.297. The molecule has 94 valence electrons. The zero-order chi connectivity index (χ0) is 12.1. The smallest absolute Gasteiger partial charge is 0.188 e. The topological polar surface area (TPSA) is 40.2 Å². The third-order valence-electron chi connectivity index (χ3n) is 3.09. The monoisotopic (exact) mass is 270 g/mol. The fraction of sp³-hybridized carbons (Fsp3) is 0.636. The van der Waals surface area contributed by atoms with Crippen LogP contribution in [0.1, 0.15) is 19.3 Å². The fourth-order valence-electron chi connectivity index (χ4n) is 2.12. The number of nitrogens with zero attached hydrogens (tertiary/aromatic N) is 2. The van der Waals surface area contributed by atoms with E-state index in [1.54, 1.807) is 17.5 Å². The second-order valence-corrected chi connectivity index (χ2v) is 5.59. The molecule has 0 bridgehead atoms. The van der Waals surface area contributed by atoms with Gasteiger partial charge in [-0.2, -0.15) is 0 Å². The Hall–Kier alpha value is -0.720. The largest absolute Gasteiger partial charge is 0.362 e. The van der Waals surface area contributed by atoms with Gasteiger partial charge in [-0.25, -0.2) is 4.98 Å². The first kappa shape index (κ1) is 12.7. The Bertz CT molecular complexity index is 352. The van der Waals surface area contributed by atoms with Crippen LogP contribution in [0, 0.1) is 0 Å². The summed E-state index contributed by atoms with van der Waals surface area (Å²) in [5, 5.41) is 9.75. The maximum atomic E-state index is 5.20. The summed E-state index contributed by atoms with van der Waals surface area (Å²) in [4.78, 5) is 6.56. The second-order valence-electron chi connectivity index (χ2n) is 4.28. The average Bonchev–Trinajstić information content (AvgIpc) is 2.91. The van der Waals surface area contributed by atoms with Gasteiger partial charge >= 0.3 is 0 Å². The van der Waals surface area contributed by atoms with Gasteiger partial charge in [0.1, 0.15) is 0 Å². The first-order chi connectivity index (χ1) is 8.25. The highest BCUT2D eigenvalue weighted by atomic mass is 32.1. The molecular formula is C11H18N4S2. The van der Waals surface area contributed by atoms with Crippen molar-refractivity contribution in [3.63, 3.8) is 0 Å². The molecule has 0 aromatic carbocycles. The van der Waals surface area contributed by atoms with Gasteiger partial charge < -0.3 is 15.5 Å². The Balaban J connectivity index is 1.63. The van der Waals surface area contributed by atoms with Gasteiger partial charge in [0.15, 0.2) is 10.2 Å². The predicted octanol–water partition coefficient (Wildman–Crippen LogP) is 1.91. The normalized spacial score (nSPS) is 20.4. The minimum atomic E-state index is 0.667. The quantitative estimate of drug-likeness (QED) is 0.818. The molecule has 1 aromatic heterocycles. The van der Waals surface area contributed by atoms with E-state index < -0.39 is 0 Å². The number of aromatic nitrogens is 1. The van der Waals surface area contributed by atoms with Gasteiger partial charge in [0.25, 0.3) is 0 Å². The lowest BCUT2D eigenvalue weighted by atomic mass is 10.1. The van der Waals surface area contributed by atoms with Crippen molar-refractivity contribution in [3.05, 3.63) is 11.6 Å². The Labute approximate surface area is 111 Å². The predicted molar refractivity (Wildman–Crippen MR) is 76.6 cm³/mol. The number of likely N-dealkylation sites (tertiary alicyclic amines) is 1. The zero-order valence-corrected chi connectivity index (χ0v) is 11.6. The lowest BCUT2D eigenvalue weighted by Gasteiger charge is -2.19. The summed E-state index contributed by atoms with van der Waals surface area (Å²) in [6, 6.07) is 0.713. The van der Waals surface area contributed by atoms with Crippen molar-refractivity contribution in [2.75, 3.05) is 25.5 Å². The van der Waals surface area contributed by atoms with Crippen LogP contribution in [0.3, 0.4) is 0 Å². The van der Waals surface area contributed by atoms with Crippen LogP contribution in [-0.4, -0.2) is 41.2 Å². The number of thiocarbonyl (C=S) groups is 1. The van der Waals surface area contributed by atoms with Crippen LogP contribution >= 0.6 is 23.6 Å². The molecule has 1 atom stereocenters. The summed E-state index contributed by atoms with van der Waals surface area (Å²) in [6.45, 7) is 2.15. The molecule has 0 amide bonds. The van der Waals surface area contributed by atoms with Gasteiger partial charge in [-0.05, 0) is 45.1 Å². The highest BCUT2D eigenvalue weighted by Gasteiger charge is 2.19. The van der Waals surface area contributed by atoms with E-state index in [2.05, 4.69) is 27.6 Å². The van der Waals surface area contributed by atoms with Crippen molar-refractivity contribution in [3.8, 4) is 0 Å². The van der Waals surface area contributed by atoms with Crippen LogP contribution in [0.15, 0.2) is 11.6 Å². The molecule has 1 saturated heterocycles.